The lowest BCUT2D eigenvalue weighted by molar-refractivity contribution is -0.127. The molecule has 0 aliphatic carbocycles. The molecule has 1 heterocycles. The topological polar surface area (TPSA) is 49.4 Å². The Morgan fingerprint density at radius 3 is 2.38 bits per heavy atom. The van der Waals surface area contributed by atoms with Crippen molar-refractivity contribution >= 4 is 40.7 Å². The lowest BCUT2D eigenvalue weighted by Gasteiger charge is -2.23. The molecule has 0 aromatic heterocycles. The number of nitrogens with one attached hydrogen (secondary N) is 1. The Bertz CT molecular complexity index is 561. The molecule has 2 rings (SSSR count). The van der Waals surface area contributed by atoms with E-state index >= 15 is 0 Å². The SMILES string of the molecule is CC(C)(C)NC(=O)C1CC(=O)N(c2c(Cl)cccc2Cl)C1. The Balaban J connectivity index is 2.19. The number of carbonyl (C=O) groups excluding carboxylic acids is 2. The van der Waals surface area contributed by atoms with Crippen LogP contribution in [0.1, 0.15) is 27.2 Å². The van der Waals surface area contributed by atoms with Gasteiger partial charge in [0.25, 0.3) is 0 Å². The van der Waals surface area contributed by atoms with Gasteiger partial charge in [-0.2, -0.15) is 0 Å². The van der Waals surface area contributed by atoms with Gasteiger partial charge in [0.2, 0.25) is 11.8 Å². The third kappa shape index (κ3) is 3.69. The highest BCUT2D eigenvalue weighted by Crippen LogP contribution is 2.37. The number of hydrogen-bond donors (Lipinski definition) is 1. The van der Waals surface area contributed by atoms with Crippen LogP contribution < -0.4 is 10.2 Å². The maximum absolute atomic E-state index is 12.2. The number of hydrogen-bond acceptors (Lipinski definition) is 2. The molecular formula is C15H18Cl2N2O2. The van der Waals surface area contributed by atoms with E-state index in [9.17, 15) is 9.59 Å². The average molecular weight is 329 g/mol. The summed E-state index contributed by atoms with van der Waals surface area (Å²) >= 11 is 12.3. The van der Waals surface area contributed by atoms with E-state index in [0.29, 0.717) is 22.3 Å². The molecule has 1 atom stereocenters. The molecule has 1 aliphatic heterocycles. The number of anilines is 1. The summed E-state index contributed by atoms with van der Waals surface area (Å²) < 4.78 is 0. The molecule has 0 bridgehead atoms. The summed E-state index contributed by atoms with van der Waals surface area (Å²) in [5.74, 6) is -0.648. The fraction of sp³-hybridized carbons (Fsp3) is 0.467. The van der Waals surface area contributed by atoms with Crippen molar-refractivity contribution in [2.45, 2.75) is 32.7 Å². The summed E-state index contributed by atoms with van der Waals surface area (Å²) in [4.78, 5) is 25.9. The number of amides is 2. The fourth-order valence-electron chi connectivity index (χ4n) is 2.32. The van der Waals surface area contributed by atoms with Crippen molar-refractivity contribution in [3.63, 3.8) is 0 Å². The lowest BCUT2D eigenvalue weighted by atomic mass is 10.0. The molecule has 114 valence electrons. The Morgan fingerprint density at radius 1 is 1.29 bits per heavy atom. The quantitative estimate of drug-likeness (QED) is 0.905. The lowest BCUT2D eigenvalue weighted by Crippen LogP contribution is -2.44. The van der Waals surface area contributed by atoms with Gasteiger partial charge >= 0.3 is 0 Å². The highest BCUT2D eigenvalue weighted by Gasteiger charge is 2.37. The highest BCUT2D eigenvalue weighted by molar-refractivity contribution is 6.40. The summed E-state index contributed by atoms with van der Waals surface area (Å²) in [5, 5.41) is 3.72. The fourth-order valence-corrected chi connectivity index (χ4v) is 2.92. The van der Waals surface area contributed by atoms with E-state index in [-0.39, 0.29) is 29.7 Å². The van der Waals surface area contributed by atoms with E-state index in [2.05, 4.69) is 5.32 Å². The zero-order valence-corrected chi connectivity index (χ0v) is 13.8. The smallest absolute Gasteiger partial charge is 0.227 e. The number of para-hydroxylation sites is 1. The molecule has 0 radical (unpaired) electrons. The molecule has 1 saturated heterocycles. The van der Waals surface area contributed by atoms with Crippen molar-refractivity contribution in [3.05, 3.63) is 28.2 Å². The first-order valence-corrected chi connectivity index (χ1v) is 7.51. The van der Waals surface area contributed by atoms with E-state index in [0.717, 1.165) is 0 Å². The van der Waals surface area contributed by atoms with E-state index in [1.807, 2.05) is 20.8 Å². The molecule has 1 fully saturated rings. The summed E-state index contributed by atoms with van der Waals surface area (Å²) in [6, 6.07) is 5.08. The third-order valence-electron chi connectivity index (χ3n) is 3.20. The van der Waals surface area contributed by atoms with E-state index < -0.39 is 0 Å². The highest BCUT2D eigenvalue weighted by atomic mass is 35.5. The summed E-state index contributed by atoms with van der Waals surface area (Å²) in [6.07, 6.45) is 0.170. The first kappa shape index (κ1) is 16.1. The van der Waals surface area contributed by atoms with Crippen LogP contribution in [0.5, 0.6) is 0 Å². The Hall–Kier alpha value is -1.26. The number of rotatable bonds is 2. The van der Waals surface area contributed by atoms with Gasteiger partial charge in [-0.1, -0.05) is 29.3 Å². The van der Waals surface area contributed by atoms with Crippen molar-refractivity contribution in [2.75, 3.05) is 11.4 Å². The number of halogens is 2. The van der Waals surface area contributed by atoms with Crippen LogP contribution in [-0.2, 0) is 9.59 Å². The Morgan fingerprint density at radius 2 is 1.86 bits per heavy atom. The minimum absolute atomic E-state index is 0.124. The third-order valence-corrected chi connectivity index (χ3v) is 3.81. The van der Waals surface area contributed by atoms with E-state index in [1.54, 1.807) is 18.2 Å². The van der Waals surface area contributed by atoms with Crippen LogP contribution in [-0.4, -0.2) is 23.9 Å². The average Bonchev–Trinajstić information content (AvgIpc) is 2.69. The molecule has 1 aliphatic rings. The first-order chi connectivity index (χ1) is 9.69. The van der Waals surface area contributed by atoms with Gasteiger partial charge in [-0.15, -0.1) is 0 Å². The Kier molecular flexibility index (Phi) is 4.49. The maximum atomic E-state index is 12.2. The van der Waals surface area contributed by atoms with Crippen molar-refractivity contribution in [1.29, 1.82) is 0 Å². The second-order valence-corrected chi connectivity index (χ2v) is 7.03. The van der Waals surface area contributed by atoms with Gasteiger partial charge < -0.3 is 10.2 Å². The second-order valence-electron chi connectivity index (χ2n) is 6.21. The monoisotopic (exact) mass is 328 g/mol. The molecular weight excluding hydrogens is 311 g/mol. The van der Waals surface area contributed by atoms with Gasteiger partial charge in [0.15, 0.2) is 0 Å². The maximum Gasteiger partial charge on any atom is 0.227 e. The van der Waals surface area contributed by atoms with Gasteiger partial charge in [0, 0.05) is 18.5 Å². The minimum atomic E-state index is -0.385. The molecule has 1 aromatic rings. The zero-order chi connectivity index (χ0) is 15.8. The predicted octanol–water partition coefficient (Wildman–Crippen LogP) is 3.26. The number of nitrogens with zero attached hydrogens (tertiary/aromatic N) is 1. The van der Waals surface area contributed by atoms with Crippen molar-refractivity contribution < 1.29 is 9.59 Å². The van der Waals surface area contributed by atoms with Gasteiger partial charge in [0.05, 0.1) is 21.7 Å². The minimum Gasteiger partial charge on any atom is -0.351 e. The van der Waals surface area contributed by atoms with E-state index in [1.165, 1.54) is 4.90 Å². The summed E-state index contributed by atoms with van der Waals surface area (Å²) in [6.45, 7) is 6.02. The van der Waals surface area contributed by atoms with Gasteiger partial charge in [-0.25, -0.2) is 0 Å². The molecule has 1 unspecified atom stereocenters. The molecule has 2 amide bonds. The summed E-state index contributed by atoms with van der Waals surface area (Å²) in [5.41, 5.74) is 0.159. The largest absolute Gasteiger partial charge is 0.351 e. The van der Waals surface area contributed by atoms with Crippen LogP contribution >= 0.6 is 23.2 Å². The van der Waals surface area contributed by atoms with Crippen LogP contribution in [0.2, 0.25) is 10.0 Å². The van der Waals surface area contributed by atoms with Crippen LogP contribution in [0, 0.1) is 5.92 Å². The van der Waals surface area contributed by atoms with Gasteiger partial charge in [0.1, 0.15) is 0 Å². The van der Waals surface area contributed by atoms with Crippen LogP contribution in [0.15, 0.2) is 18.2 Å². The number of benzene rings is 1. The summed E-state index contributed by atoms with van der Waals surface area (Å²) in [7, 11) is 0. The van der Waals surface area contributed by atoms with E-state index in [4.69, 9.17) is 23.2 Å². The Labute approximate surface area is 134 Å². The van der Waals surface area contributed by atoms with Crippen molar-refractivity contribution in [3.8, 4) is 0 Å². The van der Waals surface area contributed by atoms with Crippen LogP contribution in [0.25, 0.3) is 0 Å². The van der Waals surface area contributed by atoms with Gasteiger partial charge in [-0.05, 0) is 32.9 Å². The molecule has 0 saturated carbocycles. The standard InChI is InChI=1S/C15H18Cl2N2O2/c1-15(2,3)18-14(21)9-7-12(20)19(8-9)13-10(16)5-4-6-11(13)17/h4-6,9H,7-8H2,1-3H3,(H,18,21). The molecule has 4 nitrogen and oxygen atoms in total. The van der Waals surface area contributed by atoms with Crippen molar-refractivity contribution in [2.24, 2.45) is 5.92 Å². The molecule has 1 N–H and O–H groups in total. The van der Waals surface area contributed by atoms with Gasteiger partial charge in [-0.3, -0.25) is 9.59 Å². The second kappa shape index (κ2) is 5.85. The van der Waals surface area contributed by atoms with Crippen molar-refractivity contribution in [1.82, 2.24) is 5.32 Å². The molecule has 21 heavy (non-hydrogen) atoms. The number of carbonyl (C=O) groups is 2. The van der Waals surface area contributed by atoms with Crippen LogP contribution in [0.4, 0.5) is 5.69 Å². The predicted molar refractivity (Wildman–Crippen MR) is 84.8 cm³/mol. The molecule has 0 spiro atoms. The normalized spacial score (nSPS) is 19.0. The molecule has 6 heteroatoms. The van der Waals surface area contributed by atoms with Crippen LogP contribution in [0.3, 0.4) is 0 Å². The zero-order valence-electron chi connectivity index (χ0n) is 12.2. The molecule has 1 aromatic carbocycles. The first-order valence-electron chi connectivity index (χ1n) is 6.75.